The monoisotopic (exact) mass is 337 g/mol. The molecule has 0 amide bonds. The van der Waals surface area contributed by atoms with E-state index in [2.05, 4.69) is 0 Å². The second-order valence-corrected chi connectivity index (χ2v) is 5.32. The van der Waals surface area contributed by atoms with Crippen LogP contribution in [0.1, 0.15) is 11.1 Å². The number of nitrogens with zero attached hydrogens (tertiary/aromatic N) is 1. The highest BCUT2D eigenvalue weighted by Crippen LogP contribution is 2.26. The molecule has 24 heavy (non-hydrogen) atoms. The van der Waals surface area contributed by atoms with Gasteiger partial charge < -0.3 is 14.6 Å². The Balaban J connectivity index is 2.24. The summed E-state index contributed by atoms with van der Waals surface area (Å²) in [5.74, 6) is -0.404. The number of aliphatic hydroxyl groups excluding tert-OH is 1. The smallest absolute Gasteiger partial charge is 0.163 e. The number of methoxy groups -OCH3 is 2. The first-order chi connectivity index (χ1) is 11.6. The maximum Gasteiger partial charge on any atom is 0.163 e. The van der Waals surface area contributed by atoms with Gasteiger partial charge in [-0.15, -0.1) is 0 Å². The molecule has 0 fully saturated rings. The Bertz CT molecular complexity index is 679. The molecule has 0 aliphatic rings. The quantitative estimate of drug-likeness (QED) is 0.804. The van der Waals surface area contributed by atoms with Gasteiger partial charge in [0.05, 0.1) is 20.8 Å². The molecule has 2 aromatic carbocycles. The van der Waals surface area contributed by atoms with E-state index in [1.165, 1.54) is 12.1 Å². The molecule has 4 nitrogen and oxygen atoms in total. The van der Waals surface area contributed by atoms with Crippen LogP contribution in [-0.4, -0.2) is 37.4 Å². The van der Waals surface area contributed by atoms with Crippen molar-refractivity contribution in [3.8, 4) is 11.5 Å². The molecular formula is C18H21F2NO3. The van der Waals surface area contributed by atoms with Crippen LogP contribution in [-0.2, 0) is 13.1 Å². The van der Waals surface area contributed by atoms with Crippen molar-refractivity contribution in [3.63, 3.8) is 0 Å². The minimum absolute atomic E-state index is 0.0940. The Morgan fingerprint density at radius 1 is 1.00 bits per heavy atom. The molecule has 0 aromatic heterocycles. The molecule has 0 radical (unpaired) electrons. The van der Waals surface area contributed by atoms with Crippen LogP contribution < -0.4 is 9.47 Å². The highest BCUT2D eigenvalue weighted by molar-refractivity contribution is 5.40. The first-order valence-corrected chi connectivity index (χ1v) is 7.56. The van der Waals surface area contributed by atoms with E-state index in [1.54, 1.807) is 26.4 Å². The summed E-state index contributed by atoms with van der Waals surface area (Å²) >= 11 is 0. The Hall–Kier alpha value is -2.18. The van der Waals surface area contributed by atoms with Gasteiger partial charge in [-0.1, -0.05) is 12.1 Å². The van der Waals surface area contributed by atoms with Crippen LogP contribution in [0.25, 0.3) is 0 Å². The average Bonchev–Trinajstić information content (AvgIpc) is 2.59. The van der Waals surface area contributed by atoms with Crippen LogP contribution in [0.15, 0.2) is 36.4 Å². The SMILES string of the molecule is COc1ccc(OC)c(CN(CCO)Cc2cccc(F)c2F)c1. The molecule has 0 atom stereocenters. The Labute approximate surface area is 140 Å². The van der Waals surface area contributed by atoms with Crippen LogP contribution in [0.3, 0.4) is 0 Å². The topological polar surface area (TPSA) is 41.9 Å². The summed E-state index contributed by atoms with van der Waals surface area (Å²) in [5, 5.41) is 9.28. The number of ether oxygens (including phenoxy) is 2. The van der Waals surface area contributed by atoms with E-state index in [0.29, 0.717) is 24.6 Å². The van der Waals surface area contributed by atoms with Crippen molar-refractivity contribution in [2.75, 3.05) is 27.4 Å². The largest absolute Gasteiger partial charge is 0.497 e. The van der Waals surface area contributed by atoms with Crippen LogP contribution in [0.4, 0.5) is 8.78 Å². The Morgan fingerprint density at radius 3 is 2.42 bits per heavy atom. The van der Waals surface area contributed by atoms with E-state index in [9.17, 15) is 13.9 Å². The maximum atomic E-state index is 13.9. The van der Waals surface area contributed by atoms with Crippen LogP contribution in [0, 0.1) is 11.6 Å². The minimum Gasteiger partial charge on any atom is -0.497 e. The molecule has 0 aliphatic heterocycles. The van der Waals surface area contributed by atoms with Gasteiger partial charge in [0.2, 0.25) is 0 Å². The number of halogens is 2. The molecule has 6 heteroatoms. The van der Waals surface area contributed by atoms with Crippen molar-refractivity contribution in [1.82, 2.24) is 4.90 Å². The van der Waals surface area contributed by atoms with E-state index in [0.717, 1.165) is 11.6 Å². The summed E-state index contributed by atoms with van der Waals surface area (Å²) in [7, 11) is 3.13. The fourth-order valence-corrected chi connectivity index (χ4v) is 2.51. The Morgan fingerprint density at radius 2 is 1.75 bits per heavy atom. The molecular weight excluding hydrogens is 316 g/mol. The molecule has 0 spiro atoms. The highest BCUT2D eigenvalue weighted by Gasteiger charge is 2.15. The van der Waals surface area contributed by atoms with Gasteiger partial charge in [-0.2, -0.15) is 0 Å². The zero-order valence-corrected chi connectivity index (χ0v) is 13.8. The molecule has 2 rings (SSSR count). The lowest BCUT2D eigenvalue weighted by molar-refractivity contribution is 0.181. The molecule has 2 aromatic rings. The fourth-order valence-electron chi connectivity index (χ4n) is 2.51. The van der Waals surface area contributed by atoms with E-state index < -0.39 is 11.6 Å². The predicted octanol–water partition coefficient (Wildman–Crippen LogP) is 2.98. The van der Waals surface area contributed by atoms with Gasteiger partial charge in [-0.05, 0) is 24.3 Å². The summed E-state index contributed by atoms with van der Waals surface area (Å²) in [5.41, 5.74) is 1.08. The van der Waals surface area contributed by atoms with E-state index in [1.807, 2.05) is 11.0 Å². The molecule has 0 saturated heterocycles. The molecule has 130 valence electrons. The van der Waals surface area contributed by atoms with E-state index in [4.69, 9.17) is 9.47 Å². The summed E-state index contributed by atoms with van der Waals surface area (Å²) in [6.07, 6.45) is 0. The average molecular weight is 337 g/mol. The number of rotatable bonds is 8. The summed E-state index contributed by atoms with van der Waals surface area (Å²) in [6, 6.07) is 9.48. The number of benzene rings is 2. The lowest BCUT2D eigenvalue weighted by Crippen LogP contribution is -2.27. The molecule has 0 bridgehead atoms. The van der Waals surface area contributed by atoms with Crippen molar-refractivity contribution in [2.24, 2.45) is 0 Å². The molecule has 0 heterocycles. The van der Waals surface area contributed by atoms with Crippen molar-refractivity contribution in [3.05, 3.63) is 59.2 Å². The van der Waals surface area contributed by atoms with Crippen LogP contribution in [0.2, 0.25) is 0 Å². The van der Waals surface area contributed by atoms with Gasteiger partial charge in [-0.25, -0.2) is 8.78 Å². The maximum absolute atomic E-state index is 13.9. The normalized spacial score (nSPS) is 10.9. The van der Waals surface area contributed by atoms with Gasteiger partial charge in [0.1, 0.15) is 11.5 Å². The van der Waals surface area contributed by atoms with Gasteiger partial charge in [0, 0.05) is 30.8 Å². The molecule has 1 N–H and O–H groups in total. The molecule has 0 aliphatic carbocycles. The number of hydrogen-bond acceptors (Lipinski definition) is 4. The van der Waals surface area contributed by atoms with Crippen LogP contribution in [0.5, 0.6) is 11.5 Å². The van der Waals surface area contributed by atoms with Crippen LogP contribution >= 0.6 is 0 Å². The highest BCUT2D eigenvalue weighted by atomic mass is 19.2. The zero-order valence-electron chi connectivity index (χ0n) is 13.8. The molecule has 0 unspecified atom stereocenters. The summed E-state index contributed by atoms with van der Waals surface area (Å²) in [6.45, 7) is 0.793. The van der Waals surface area contributed by atoms with Crippen molar-refractivity contribution < 1.29 is 23.4 Å². The number of aliphatic hydroxyl groups is 1. The molecule has 0 saturated carbocycles. The third kappa shape index (κ3) is 4.43. The standard InChI is InChI=1S/C18H21F2NO3/c1-23-15-6-7-17(24-2)14(10-15)12-21(8-9-22)11-13-4-3-5-16(19)18(13)20/h3-7,10,22H,8-9,11-12H2,1-2H3. The Kier molecular flexibility index (Phi) is 6.52. The first kappa shape index (κ1) is 18.2. The van der Waals surface area contributed by atoms with E-state index in [-0.39, 0.29) is 18.7 Å². The zero-order chi connectivity index (χ0) is 17.5. The van der Waals surface area contributed by atoms with Gasteiger partial charge in [0.15, 0.2) is 11.6 Å². The summed E-state index contributed by atoms with van der Waals surface area (Å²) in [4.78, 5) is 1.81. The van der Waals surface area contributed by atoms with Gasteiger partial charge in [0.25, 0.3) is 0 Å². The lowest BCUT2D eigenvalue weighted by Gasteiger charge is -2.23. The van der Waals surface area contributed by atoms with Gasteiger partial charge >= 0.3 is 0 Å². The summed E-state index contributed by atoms with van der Waals surface area (Å²) < 4.78 is 37.8. The first-order valence-electron chi connectivity index (χ1n) is 7.56. The second kappa shape index (κ2) is 8.61. The van der Waals surface area contributed by atoms with Crippen molar-refractivity contribution >= 4 is 0 Å². The van der Waals surface area contributed by atoms with Crippen molar-refractivity contribution in [2.45, 2.75) is 13.1 Å². The number of hydrogen-bond donors (Lipinski definition) is 1. The van der Waals surface area contributed by atoms with Crippen molar-refractivity contribution in [1.29, 1.82) is 0 Å². The third-order valence-electron chi connectivity index (χ3n) is 3.72. The van der Waals surface area contributed by atoms with Gasteiger partial charge in [-0.3, -0.25) is 4.90 Å². The van der Waals surface area contributed by atoms with E-state index >= 15 is 0 Å². The fraction of sp³-hybridized carbons (Fsp3) is 0.333. The third-order valence-corrected chi connectivity index (χ3v) is 3.72. The minimum atomic E-state index is -0.879. The second-order valence-electron chi connectivity index (χ2n) is 5.32. The lowest BCUT2D eigenvalue weighted by atomic mass is 10.1. The predicted molar refractivity (Wildman–Crippen MR) is 87.1 cm³/mol.